The minimum absolute atomic E-state index is 0.00347. The van der Waals surface area contributed by atoms with Crippen molar-refractivity contribution in [2.45, 2.75) is 35.5 Å². The summed E-state index contributed by atoms with van der Waals surface area (Å²) in [6, 6.07) is 36.6. The Labute approximate surface area is 435 Å². The van der Waals surface area contributed by atoms with Crippen molar-refractivity contribution in [1.82, 2.24) is 0 Å². The molecule has 0 aromatic heterocycles. The molecule has 0 aliphatic carbocycles. The molecule has 0 heterocycles. The van der Waals surface area contributed by atoms with Gasteiger partial charge in [0.2, 0.25) is 5.75 Å². The first kappa shape index (κ1) is 62.6. The van der Waals surface area contributed by atoms with Crippen molar-refractivity contribution in [3.05, 3.63) is 170 Å². The number of nitrogens with zero attached hydrogens (tertiary/aromatic N) is 2. The molecule has 3 N–H and O–H groups in total. The Bertz CT molecular complexity index is 3280. The van der Waals surface area contributed by atoms with Crippen molar-refractivity contribution >= 4 is 103 Å². The number of benzene rings is 6. The molecule has 21 nitrogen and oxygen atoms in total. The van der Waals surface area contributed by atoms with Crippen LogP contribution in [0.4, 0.5) is 11.4 Å². The number of hydrogen-bond donors (Lipinski definition) is 2. The molecule has 0 amide bonds. The molecule has 0 unspecified atom stereocenters. The van der Waals surface area contributed by atoms with E-state index in [2.05, 4.69) is 0 Å². The van der Waals surface area contributed by atoms with Gasteiger partial charge in [0, 0.05) is 24.8 Å². The predicted molar refractivity (Wildman–Crippen MR) is 262 cm³/mol. The van der Waals surface area contributed by atoms with Crippen LogP contribution in [0.15, 0.2) is 148 Å². The van der Waals surface area contributed by atoms with Crippen LogP contribution in [-0.4, -0.2) is 120 Å². The molecular formula is C42H43N3Na2O18S5. The van der Waals surface area contributed by atoms with Crippen LogP contribution >= 0.6 is 0 Å². The number of sulfone groups is 3. The third-order valence-corrected chi connectivity index (χ3v) is 12.3. The molecule has 366 valence electrons. The molecule has 0 saturated heterocycles. The molecule has 6 aromatic rings. The van der Waals surface area contributed by atoms with Crippen LogP contribution in [0.1, 0.15) is 16.7 Å². The number of nitrogens with two attached hydrogens (primary N) is 1. The van der Waals surface area contributed by atoms with Gasteiger partial charge in [0.25, 0.3) is 5.09 Å². The van der Waals surface area contributed by atoms with Crippen LogP contribution in [0, 0.1) is 41.0 Å². The molecule has 0 aliphatic rings. The van der Waals surface area contributed by atoms with Crippen LogP contribution in [0.2, 0.25) is 0 Å². The van der Waals surface area contributed by atoms with Crippen molar-refractivity contribution in [3.8, 4) is 34.5 Å². The van der Waals surface area contributed by atoms with Gasteiger partial charge < -0.3 is 25.2 Å². The third-order valence-electron chi connectivity index (χ3n) is 8.08. The molecule has 6 rings (SSSR count). The Kier molecular flexibility index (Phi) is 26.6. The molecule has 0 fully saturated rings. The SMILES string of the molecule is Cc1ccc(Oc2ccc(S(C)(=O)=O)cc2)cc1.Cc1ccc(Oc2ccc(S(C)(=O)=O)cc2N)cc1.Cc1ccc(Oc2ccc(S(C)(=O)=O)cc2[N+](=O)[O-])cc1.O=S(=O)=S(=O)=O.O=[N+]([O-])O.[Na][Na]. The van der Waals surface area contributed by atoms with Gasteiger partial charge in [-0.3, -0.25) is 10.1 Å². The molecule has 0 saturated carbocycles. The van der Waals surface area contributed by atoms with Crippen LogP contribution < -0.4 is 19.9 Å². The van der Waals surface area contributed by atoms with E-state index in [9.17, 15) is 35.4 Å². The number of anilines is 1. The second-order valence-corrected chi connectivity index (χ2v) is 22.3. The molecule has 0 atom stereocenters. The number of rotatable bonds is 10. The summed E-state index contributed by atoms with van der Waals surface area (Å²) >= 11 is 2.89. The Morgan fingerprint density at radius 3 is 1.06 bits per heavy atom. The summed E-state index contributed by atoms with van der Waals surface area (Å²) in [5.41, 5.74) is 9.04. The number of nitrogen functional groups attached to an aromatic ring is 1. The normalized spacial score (nSPS) is 10.4. The van der Waals surface area contributed by atoms with Crippen LogP contribution in [0.3, 0.4) is 0 Å². The van der Waals surface area contributed by atoms with Gasteiger partial charge in [-0.1, -0.05) is 53.1 Å². The summed E-state index contributed by atoms with van der Waals surface area (Å²) in [6.07, 6.45) is 3.32. The molecule has 0 spiro atoms. The van der Waals surface area contributed by atoms with Gasteiger partial charge in [-0.25, -0.2) is 25.3 Å². The standard InChI is InChI=1S/C14H13NO5S.C14H15NO3S.C14H14O3S.HNO3.2Na.O4S2/c1-10-3-5-11(6-4-10)20-14-8-7-12(21(2,18)19)9-13(14)15(16)17;1-10-3-5-11(6-4-10)18-14-8-7-12(9-13(14)15)19(2,16)17;1-11-3-5-12(6-4-11)17-13-7-9-14(10-8-13)18(2,15)16;2-1(3)4;;;1-5(2)6(3)4/h3-9H,1-2H3;3-9H,15H2,1-2H3;3-10H,1-2H3;(H,2,3,4);;;. The second-order valence-electron chi connectivity index (χ2n) is 13.8. The Morgan fingerprint density at radius 1 is 0.486 bits per heavy atom. The van der Waals surface area contributed by atoms with Gasteiger partial charge in [0.15, 0.2) is 29.5 Å². The average Bonchev–Trinajstić information content (AvgIpc) is 3.27. The van der Waals surface area contributed by atoms with E-state index < -0.39 is 63.7 Å². The fourth-order valence-corrected chi connectivity index (χ4v) is 6.70. The molecule has 6 aromatic carbocycles. The fraction of sp³-hybridized carbons (Fsp3) is 0.143. The maximum atomic E-state index is 11.5. The van der Waals surface area contributed by atoms with Crippen LogP contribution in [-0.2, 0) is 48.0 Å². The van der Waals surface area contributed by atoms with E-state index >= 15 is 0 Å². The van der Waals surface area contributed by atoms with E-state index in [4.69, 9.17) is 52.1 Å². The number of aryl methyl sites for hydroxylation is 3. The molecular weight excluding hydrogens is 1040 g/mol. The Balaban J connectivity index is 0.000000471. The number of hydrogen-bond acceptors (Lipinski definition) is 18. The molecule has 28 heteroatoms. The zero-order valence-corrected chi connectivity index (χ0v) is 46.7. The zero-order chi connectivity index (χ0) is 53.6. The monoisotopic (exact) mass is 1080 g/mol. The fourth-order valence-electron chi connectivity index (χ4n) is 4.77. The molecule has 0 radical (unpaired) electrons. The first-order chi connectivity index (χ1) is 32.5. The van der Waals surface area contributed by atoms with E-state index in [0.717, 1.165) is 41.0 Å². The van der Waals surface area contributed by atoms with Crippen molar-refractivity contribution in [2.24, 2.45) is 0 Å². The van der Waals surface area contributed by atoms with Crippen molar-refractivity contribution in [2.75, 3.05) is 24.5 Å². The van der Waals surface area contributed by atoms with Crippen LogP contribution in [0.5, 0.6) is 34.5 Å². The summed E-state index contributed by atoms with van der Waals surface area (Å²) in [5, 5.41) is 24.7. The zero-order valence-electron chi connectivity index (χ0n) is 38.6. The van der Waals surface area contributed by atoms with Crippen molar-refractivity contribution in [3.63, 3.8) is 0 Å². The summed E-state index contributed by atoms with van der Waals surface area (Å²) in [6.45, 7) is 5.90. The number of nitro groups is 1. The van der Waals surface area contributed by atoms with Gasteiger partial charge >= 0.3 is 67.8 Å². The third kappa shape index (κ3) is 24.4. The van der Waals surface area contributed by atoms with E-state index in [1.165, 1.54) is 74.1 Å². The topological polar surface area (TPSA) is 331 Å². The van der Waals surface area contributed by atoms with Gasteiger partial charge in [-0.2, -0.15) is 16.8 Å². The van der Waals surface area contributed by atoms with Gasteiger partial charge in [-0.15, -0.1) is 10.1 Å². The first-order valence-corrected chi connectivity index (χ1v) is 35.9. The predicted octanol–water partition coefficient (Wildman–Crippen LogP) is 6.61. The number of ether oxygens (including phenoxy) is 3. The quantitative estimate of drug-likeness (QED) is 0.0630. The van der Waals surface area contributed by atoms with E-state index in [1.54, 1.807) is 42.5 Å². The van der Waals surface area contributed by atoms with Gasteiger partial charge in [-0.05, 0) is 112 Å². The van der Waals surface area contributed by atoms with Crippen molar-refractivity contribution in [1.29, 1.82) is 0 Å². The van der Waals surface area contributed by atoms with E-state index in [1.807, 2.05) is 81.4 Å². The molecule has 70 heavy (non-hydrogen) atoms. The summed E-state index contributed by atoms with van der Waals surface area (Å²) in [7, 11) is -15.8. The molecule has 0 aliphatic heterocycles. The number of nitro benzene ring substituents is 1. The minimum atomic E-state index is -3.51. The maximum absolute atomic E-state index is 11.5. The van der Waals surface area contributed by atoms with E-state index in [0.29, 0.717) is 33.6 Å². The van der Waals surface area contributed by atoms with Gasteiger partial charge in [0.1, 0.15) is 28.7 Å². The average molecular weight is 1080 g/mol. The molecule has 0 bridgehead atoms. The second kappa shape index (κ2) is 29.7. The summed E-state index contributed by atoms with van der Waals surface area (Å²) in [5.74, 6) is 2.88. The van der Waals surface area contributed by atoms with Crippen molar-refractivity contribution < 1.29 is 71.5 Å². The Hall–Kier alpha value is -5.39. The van der Waals surface area contributed by atoms with E-state index in [-0.39, 0.29) is 15.5 Å². The van der Waals surface area contributed by atoms with Gasteiger partial charge in [0.05, 0.1) is 25.3 Å². The van der Waals surface area contributed by atoms with Crippen LogP contribution in [0.25, 0.3) is 0 Å². The summed E-state index contributed by atoms with van der Waals surface area (Å²) in [4.78, 5) is 19.1. The first-order valence-electron chi connectivity index (χ1n) is 19.6. The summed E-state index contributed by atoms with van der Waals surface area (Å²) < 4.78 is 121. The Morgan fingerprint density at radius 2 is 0.757 bits per heavy atom.